The number of rotatable bonds is 4. The number of aliphatic hydroxyl groups excluding tert-OH is 1. The number of likely N-dealkylation sites (N-methyl/N-ethyl adjacent to an activating group) is 1. The van der Waals surface area contributed by atoms with Crippen molar-refractivity contribution >= 4 is 5.97 Å². The van der Waals surface area contributed by atoms with E-state index in [1.165, 1.54) is 20.0 Å². The summed E-state index contributed by atoms with van der Waals surface area (Å²) in [5, 5.41) is 16.5. The van der Waals surface area contributed by atoms with E-state index in [9.17, 15) is 4.79 Å². The van der Waals surface area contributed by atoms with E-state index in [1.807, 2.05) is 0 Å². The Bertz CT molecular complexity index is 221. The lowest BCUT2D eigenvalue weighted by Gasteiger charge is -2.32. The van der Waals surface area contributed by atoms with Crippen LogP contribution < -0.4 is 0 Å². The van der Waals surface area contributed by atoms with Gasteiger partial charge in [-0.1, -0.05) is 6.58 Å². The van der Waals surface area contributed by atoms with Gasteiger partial charge < -0.3 is 20.0 Å². The molecule has 0 aromatic heterocycles. The van der Waals surface area contributed by atoms with Crippen LogP contribution in [0.4, 0.5) is 0 Å². The van der Waals surface area contributed by atoms with Gasteiger partial charge in [-0.05, 0) is 20.4 Å². The van der Waals surface area contributed by atoms with Gasteiger partial charge in [0.1, 0.15) is 0 Å². The second-order valence-electron chi connectivity index (χ2n) is 4.31. The minimum atomic E-state index is -0.935. The van der Waals surface area contributed by atoms with Gasteiger partial charge in [-0.2, -0.15) is 0 Å². The second-order valence-corrected chi connectivity index (χ2v) is 4.31. The lowest BCUT2D eigenvalue weighted by Crippen LogP contribution is -2.44. The molecular weight excluding hydrogens is 220 g/mol. The highest BCUT2D eigenvalue weighted by Crippen LogP contribution is 1.99. The molecule has 1 aliphatic rings. The smallest absolute Gasteiger partial charge is 0.330 e. The van der Waals surface area contributed by atoms with Crippen LogP contribution in [0, 0.1) is 0 Å². The fourth-order valence-corrected chi connectivity index (χ4v) is 1.37. The van der Waals surface area contributed by atoms with Gasteiger partial charge >= 0.3 is 5.97 Å². The summed E-state index contributed by atoms with van der Waals surface area (Å²) in [6.45, 7) is 10.7. The van der Waals surface area contributed by atoms with Crippen molar-refractivity contribution in [3.8, 4) is 0 Å². The second kappa shape index (κ2) is 9.15. The Morgan fingerprint density at radius 2 is 1.76 bits per heavy atom. The summed E-state index contributed by atoms with van der Waals surface area (Å²) in [7, 11) is 2.16. The normalized spacial score (nSPS) is 17.1. The van der Waals surface area contributed by atoms with Gasteiger partial charge in [0.05, 0.1) is 0 Å². The van der Waals surface area contributed by atoms with Crippen molar-refractivity contribution in [2.24, 2.45) is 0 Å². The van der Waals surface area contributed by atoms with Crippen molar-refractivity contribution in [3.63, 3.8) is 0 Å². The number of hydrogen-bond donors (Lipinski definition) is 2. The minimum absolute atomic E-state index is 0.176. The fourth-order valence-electron chi connectivity index (χ4n) is 1.37. The number of aliphatic carboxylic acids is 1. The molecule has 17 heavy (non-hydrogen) atoms. The summed E-state index contributed by atoms with van der Waals surface area (Å²) in [6, 6.07) is 0. The molecule has 0 radical (unpaired) electrons. The highest BCUT2D eigenvalue weighted by atomic mass is 16.4. The number of piperazine rings is 1. The summed E-state index contributed by atoms with van der Waals surface area (Å²) in [6.07, 6.45) is 0.920. The highest BCUT2D eigenvalue weighted by molar-refractivity contribution is 5.84. The molecule has 0 aromatic carbocycles. The maximum Gasteiger partial charge on any atom is 0.330 e. The summed E-state index contributed by atoms with van der Waals surface area (Å²) in [4.78, 5) is 14.4. The Morgan fingerprint density at radius 3 is 2.12 bits per heavy atom. The van der Waals surface area contributed by atoms with Crippen LogP contribution in [0.25, 0.3) is 0 Å². The molecular formula is C12H24N2O3. The quantitative estimate of drug-likeness (QED) is 0.695. The number of aliphatic hydroxyl groups is 1. The SMILES string of the molecule is C=C(C)C(=O)O.CN1CCN(CCCO)CC1. The van der Waals surface area contributed by atoms with Crippen LogP contribution in [0.15, 0.2) is 12.2 Å². The van der Waals surface area contributed by atoms with Crippen LogP contribution >= 0.6 is 0 Å². The first-order valence-corrected chi connectivity index (χ1v) is 5.88. The topological polar surface area (TPSA) is 64.0 Å². The third-order valence-electron chi connectivity index (χ3n) is 2.59. The molecule has 0 spiro atoms. The van der Waals surface area contributed by atoms with Crippen LogP contribution in [-0.4, -0.2) is 72.4 Å². The molecule has 0 atom stereocenters. The van der Waals surface area contributed by atoms with Crippen LogP contribution in [-0.2, 0) is 4.79 Å². The fraction of sp³-hybridized carbons (Fsp3) is 0.750. The van der Waals surface area contributed by atoms with Gasteiger partial charge in [0, 0.05) is 44.9 Å². The minimum Gasteiger partial charge on any atom is -0.478 e. The lowest BCUT2D eigenvalue weighted by molar-refractivity contribution is -0.132. The van der Waals surface area contributed by atoms with Gasteiger partial charge in [0.15, 0.2) is 0 Å². The van der Waals surface area contributed by atoms with Crippen molar-refractivity contribution in [3.05, 3.63) is 12.2 Å². The molecule has 0 amide bonds. The van der Waals surface area contributed by atoms with E-state index in [1.54, 1.807) is 0 Å². The van der Waals surface area contributed by atoms with E-state index in [0.717, 1.165) is 26.1 Å². The molecule has 0 unspecified atom stereocenters. The van der Waals surface area contributed by atoms with E-state index in [2.05, 4.69) is 23.4 Å². The van der Waals surface area contributed by atoms with Gasteiger partial charge in [0.2, 0.25) is 0 Å². The molecule has 100 valence electrons. The number of hydrogen-bond acceptors (Lipinski definition) is 4. The highest BCUT2D eigenvalue weighted by Gasteiger charge is 2.12. The lowest BCUT2D eigenvalue weighted by atomic mass is 10.3. The van der Waals surface area contributed by atoms with Crippen molar-refractivity contribution in [2.45, 2.75) is 13.3 Å². The Balaban J connectivity index is 0.000000366. The van der Waals surface area contributed by atoms with E-state index < -0.39 is 5.97 Å². The first-order valence-electron chi connectivity index (χ1n) is 5.88. The number of carboxylic acid groups (broad SMARTS) is 1. The largest absolute Gasteiger partial charge is 0.478 e. The molecule has 1 aliphatic heterocycles. The average molecular weight is 244 g/mol. The molecule has 1 rings (SSSR count). The van der Waals surface area contributed by atoms with E-state index >= 15 is 0 Å². The van der Waals surface area contributed by atoms with E-state index in [4.69, 9.17) is 10.2 Å². The van der Waals surface area contributed by atoms with E-state index in [-0.39, 0.29) is 5.57 Å². The zero-order valence-electron chi connectivity index (χ0n) is 10.9. The molecule has 1 heterocycles. The van der Waals surface area contributed by atoms with Crippen molar-refractivity contribution in [2.75, 3.05) is 46.4 Å². The standard InChI is InChI=1S/C8H18N2O.C4H6O2/c1-9-4-6-10(7-5-9)3-2-8-11;1-3(2)4(5)6/h11H,2-8H2,1H3;1H2,2H3,(H,5,6). The summed E-state index contributed by atoms with van der Waals surface area (Å²) in [5.74, 6) is -0.935. The third-order valence-corrected chi connectivity index (χ3v) is 2.59. The number of carboxylic acids is 1. The molecule has 0 aromatic rings. The van der Waals surface area contributed by atoms with Crippen LogP contribution in [0.5, 0.6) is 0 Å². The maximum absolute atomic E-state index is 9.60. The summed E-state index contributed by atoms with van der Waals surface area (Å²) >= 11 is 0. The summed E-state index contributed by atoms with van der Waals surface area (Å²) < 4.78 is 0. The van der Waals surface area contributed by atoms with Gasteiger partial charge in [-0.15, -0.1) is 0 Å². The molecule has 5 heteroatoms. The molecule has 2 N–H and O–H groups in total. The predicted octanol–water partition coefficient (Wildman–Crippen LogP) is 0.263. The first kappa shape index (κ1) is 16.1. The summed E-state index contributed by atoms with van der Waals surface area (Å²) in [5.41, 5.74) is 0.176. The molecule has 0 bridgehead atoms. The maximum atomic E-state index is 9.60. The predicted molar refractivity (Wildman–Crippen MR) is 68.1 cm³/mol. The Kier molecular flexibility index (Phi) is 8.66. The number of nitrogens with zero attached hydrogens (tertiary/aromatic N) is 2. The molecule has 0 saturated carbocycles. The third kappa shape index (κ3) is 8.85. The molecule has 1 fully saturated rings. The molecule has 0 aliphatic carbocycles. The average Bonchev–Trinajstić information content (AvgIpc) is 2.29. The van der Waals surface area contributed by atoms with Crippen molar-refractivity contribution < 1.29 is 15.0 Å². The van der Waals surface area contributed by atoms with Crippen molar-refractivity contribution in [1.82, 2.24) is 9.80 Å². The van der Waals surface area contributed by atoms with Crippen molar-refractivity contribution in [1.29, 1.82) is 0 Å². The zero-order valence-corrected chi connectivity index (χ0v) is 10.9. The van der Waals surface area contributed by atoms with Crippen LogP contribution in [0.3, 0.4) is 0 Å². The Labute approximate surface area is 103 Å². The molecule has 5 nitrogen and oxygen atoms in total. The van der Waals surface area contributed by atoms with Crippen LogP contribution in [0.2, 0.25) is 0 Å². The monoisotopic (exact) mass is 244 g/mol. The van der Waals surface area contributed by atoms with Gasteiger partial charge in [0.25, 0.3) is 0 Å². The van der Waals surface area contributed by atoms with Gasteiger partial charge in [-0.3, -0.25) is 0 Å². The van der Waals surface area contributed by atoms with Crippen LogP contribution in [0.1, 0.15) is 13.3 Å². The van der Waals surface area contributed by atoms with E-state index in [0.29, 0.717) is 6.61 Å². The Hall–Kier alpha value is -0.910. The first-order chi connectivity index (χ1) is 7.97. The zero-order chi connectivity index (χ0) is 13.3. The molecule has 1 saturated heterocycles. The Morgan fingerprint density at radius 1 is 1.29 bits per heavy atom. The number of carbonyl (C=O) groups is 1. The van der Waals surface area contributed by atoms with Gasteiger partial charge in [-0.25, -0.2) is 4.79 Å².